The lowest BCUT2D eigenvalue weighted by Crippen LogP contribution is -2.16. The van der Waals surface area contributed by atoms with E-state index in [4.69, 9.17) is 21.5 Å². The molecule has 6 nitrogen and oxygen atoms in total. The summed E-state index contributed by atoms with van der Waals surface area (Å²) in [7, 11) is 0. The Kier molecular flexibility index (Phi) is 5.76. The lowest BCUT2D eigenvalue weighted by Gasteiger charge is -2.13. The van der Waals surface area contributed by atoms with Crippen molar-refractivity contribution in [3.63, 3.8) is 0 Å². The number of hydrogen-bond acceptors (Lipinski definition) is 4. The van der Waals surface area contributed by atoms with Crippen molar-refractivity contribution in [2.75, 3.05) is 10.8 Å². The summed E-state index contributed by atoms with van der Waals surface area (Å²) < 4.78 is 13.0. The Morgan fingerprint density at radius 3 is 2.29 bits per heavy atom. The van der Waals surface area contributed by atoms with E-state index in [1.165, 1.54) is 54.6 Å². The highest BCUT2D eigenvalue weighted by atomic mass is 35.5. The van der Waals surface area contributed by atoms with Crippen molar-refractivity contribution < 1.29 is 23.9 Å². The lowest BCUT2D eigenvalue weighted by atomic mass is 10.1. The van der Waals surface area contributed by atoms with Gasteiger partial charge in [0.1, 0.15) is 5.82 Å². The molecule has 0 heterocycles. The van der Waals surface area contributed by atoms with E-state index in [0.29, 0.717) is 22.1 Å². The van der Waals surface area contributed by atoms with Gasteiger partial charge in [-0.2, -0.15) is 0 Å². The number of carbonyl (C=O) groups is 2. The molecule has 3 aromatic carbocycles. The summed E-state index contributed by atoms with van der Waals surface area (Å²) in [5.41, 5.74) is 3.72. The Morgan fingerprint density at radius 1 is 0.964 bits per heavy atom. The lowest BCUT2D eigenvalue weighted by molar-refractivity contribution is 0.0696. The molecule has 0 aromatic heterocycles. The van der Waals surface area contributed by atoms with E-state index >= 15 is 0 Å². The molecule has 28 heavy (non-hydrogen) atoms. The van der Waals surface area contributed by atoms with Crippen LogP contribution >= 0.6 is 11.6 Å². The van der Waals surface area contributed by atoms with Crippen LogP contribution in [0.4, 0.5) is 15.8 Å². The van der Waals surface area contributed by atoms with Crippen LogP contribution in [0.2, 0.25) is 5.02 Å². The monoisotopic (exact) mass is 400 g/mol. The van der Waals surface area contributed by atoms with Crippen molar-refractivity contribution in [3.8, 4) is 5.75 Å². The highest BCUT2D eigenvalue weighted by molar-refractivity contribution is 6.31. The summed E-state index contributed by atoms with van der Waals surface area (Å²) in [6.07, 6.45) is 0. The zero-order valence-electron chi connectivity index (χ0n) is 14.3. The topological polar surface area (TPSA) is 87.7 Å². The number of nitrogens with one attached hydrogen (secondary N) is 2. The standard InChI is InChI=1S/C20H14ClFN2O4/c21-13-3-10-18(24-28-16-8-4-14(22)5-9-16)17(11-13)19(25)23-15-6-1-12(2-7-15)20(26)27/h1-11,24H,(H,23,25)(H,26,27). The smallest absolute Gasteiger partial charge is 0.335 e. The van der Waals surface area contributed by atoms with Gasteiger partial charge in [0, 0.05) is 10.7 Å². The van der Waals surface area contributed by atoms with E-state index in [0.717, 1.165) is 0 Å². The van der Waals surface area contributed by atoms with Gasteiger partial charge >= 0.3 is 5.97 Å². The van der Waals surface area contributed by atoms with E-state index in [1.54, 1.807) is 12.1 Å². The van der Waals surface area contributed by atoms with Crippen LogP contribution in [0.25, 0.3) is 0 Å². The first-order valence-electron chi connectivity index (χ1n) is 8.05. The molecule has 142 valence electrons. The van der Waals surface area contributed by atoms with Crippen molar-refractivity contribution in [2.24, 2.45) is 0 Å². The minimum absolute atomic E-state index is 0.107. The van der Waals surface area contributed by atoms with E-state index in [-0.39, 0.29) is 11.1 Å². The number of hydrogen-bond donors (Lipinski definition) is 3. The first-order valence-corrected chi connectivity index (χ1v) is 8.43. The number of carboxylic acids is 1. The predicted molar refractivity (Wildman–Crippen MR) is 103 cm³/mol. The number of benzene rings is 3. The quantitative estimate of drug-likeness (QED) is 0.515. The van der Waals surface area contributed by atoms with Gasteiger partial charge in [0.05, 0.1) is 16.8 Å². The number of rotatable bonds is 6. The van der Waals surface area contributed by atoms with Gasteiger partial charge in [0.2, 0.25) is 0 Å². The van der Waals surface area contributed by atoms with E-state index in [2.05, 4.69) is 10.8 Å². The molecule has 0 aliphatic carbocycles. The van der Waals surface area contributed by atoms with Gasteiger partial charge < -0.3 is 15.3 Å². The average Bonchev–Trinajstić information content (AvgIpc) is 2.68. The summed E-state index contributed by atoms with van der Waals surface area (Å²) in [6, 6.07) is 15.7. The Balaban J connectivity index is 1.76. The van der Waals surface area contributed by atoms with Gasteiger partial charge in [-0.3, -0.25) is 4.79 Å². The number of carbonyl (C=O) groups excluding carboxylic acids is 1. The number of anilines is 2. The Labute approximate surface area is 164 Å². The van der Waals surface area contributed by atoms with Crippen LogP contribution in [0.1, 0.15) is 20.7 Å². The maximum absolute atomic E-state index is 13.0. The molecule has 3 aromatic rings. The summed E-state index contributed by atoms with van der Waals surface area (Å²) in [5.74, 6) is -1.58. The van der Waals surface area contributed by atoms with Gasteiger partial charge in [0.25, 0.3) is 5.91 Å². The summed E-state index contributed by atoms with van der Waals surface area (Å²) in [6.45, 7) is 0. The molecule has 0 fully saturated rings. The SMILES string of the molecule is O=C(O)c1ccc(NC(=O)c2cc(Cl)ccc2NOc2ccc(F)cc2)cc1. The summed E-state index contributed by atoms with van der Waals surface area (Å²) in [5, 5.41) is 11.9. The van der Waals surface area contributed by atoms with Crippen LogP contribution in [-0.2, 0) is 0 Å². The fourth-order valence-electron chi connectivity index (χ4n) is 2.30. The van der Waals surface area contributed by atoms with E-state index < -0.39 is 17.7 Å². The normalized spacial score (nSPS) is 10.2. The first kappa shape index (κ1) is 19.2. The summed E-state index contributed by atoms with van der Waals surface area (Å²) in [4.78, 5) is 28.9. The molecule has 3 rings (SSSR count). The fraction of sp³-hybridized carbons (Fsp3) is 0. The molecule has 0 atom stereocenters. The fourth-order valence-corrected chi connectivity index (χ4v) is 2.48. The second-order valence-electron chi connectivity index (χ2n) is 5.68. The molecule has 0 aliphatic rings. The van der Waals surface area contributed by atoms with Crippen LogP contribution in [-0.4, -0.2) is 17.0 Å². The molecule has 0 saturated heterocycles. The Morgan fingerprint density at radius 2 is 1.64 bits per heavy atom. The zero-order chi connectivity index (χ0) is 20.1. The van der Waals surface area contributed by atoms with Gasteiger partial charge in [-0.15, -0.1) is 0 Å². The van der Waals surface area contributed by atoms with E-state index in [9.17, 15) is 14.0 Å². The minimum atomic E-state index is -1.06. The second kappa shape index (κ2) is 8.41. The van der Waals surface area contributed by atoms with Crippen LogP contribution < -0.4 is 15.6 Å². The van der Waals surface area contributed by atoms with Crippen molar-refractivity contribution in [3.05, 3.63) is 88.7 Å². The van der Waals surface area contributed by atoms with Crippen LogP contribution in [0.15, 0.2) is 66.7 Å². The van der Waals surface area contributed by atoms with Gasteiger partial charge in [-0.1, -0.05) is 11.6 Å². The third kappa shape index (κ3) is 4.77. The third-order valence-corrected chi connectivity index (χ3v) is 3.94. The first-order chi connectivity index (χ1) is 13.4. The molecule has 0 bridgehead atoms. The third-order valence-electron chi connectivity index (χ3n) is 3.71. The van der Waals surface area contributed by atoms with Gasteiger partial charge in [-0.25, -0.2) is 14.7 Å². The van der Waals surface area contributed by atoms with Gasteiger partial charge in [-0.05, 0) is 66.7 Å². The summed E-state index contributed by atoms with van der Waals surface area (Å²) >= 11 is 6.00. The highest BCUT2D eigenvalue weighted by Crippen LogP contribution is 2.23. The van der Waals surface area contributed by atoms with Gasteiger partial charge in [0.15, 0.2) is 5.75 Å². The maximum Gasteiger partial charge on any atom is 0.335 e. The molecule has 0 spiro atoms. The largest absolute Gasteiger partial charge is 0.478 e. The minimum Gasteiger partial charge on any atom is -0.478 e. The van der Waals surface area contributed by atoms with Crippen molar-refractivity contribution in [1.29, 1.82) is 0 Å². The molecule has 1 amide bonds. The molecule has 8 heteroatoms. The van der Waals surface area contributed by atoms with Crippen LogP contribution in [0, 0.1) is 5.82 Å². The Bertz CT molecular complexity index is 1010. The zero-order valence-corrected chi connectivity index (χ0v) is 15.0. The maximum atomic E-state index is 13.0. The second-order valence-corrected chi connectivity index (χ2v) is 6.12. The number of halogens is 2. The average molecular weight is 401 g/mol. The van der Waals surface area contributed by atoms with Crippen molar-refractivity contribution >= 4 is 34.9 Å². The molecule has 0 saturated carbocycles. The number of amides is 1. The molecular weight excluding hydrogens is 387 g/mol. The van der Waals surface area contributed by atoms with E-state index in [1.807, 2.05) is 0 Å². The van der Waals surface area contributed by atoms with Crippen molar-refractivity contribution in [1.82, 2.24) is 0 Å². The molecule has 0 unspecified atom stereocenters. The van der Waals surface area contributed by atoms with Crippen LogP contribution in [0.5, 0.6) is 5.75 Å². The molecule has 0 radical (unpaired) electrons. The Hall–Kier alpha value is -3.58. The number of aromatic carboxylic acids is 1. The molecule has 0 aliphatic heterocycles. The highest BCUT2D eigenvalue weighted by Gasteiger charge is 2.14. The predicted octanol–water partition coefficient (Wildman–Crippen LogP) is 4.84. The molecular formula is C20H14ClFN2O4. The number of carboxylic acid groups (broad SMARTS) is 1. The van der Waals surface area contributed by atoms with Crippen molar-refractivity contribution in [2.45, 2.75) is 0 Å². The molecule has 3 N–H and O–H groups in total. The van der Waals surface area contributed by atoms with Crippen LogP contribution in [0.3, 0.4) is 0 Å².